The van der Waals surface area contributed by atoms with Gasteiger partial charge in [0.1, 0.15) is 5.82 Å². The third-order valence-corrected chi connectivity index (χ3v) is 5.15. The highest BCUT2D eigenvalue weighted by molar-refractivity contribution is 5.93. The maximum atomic E-state index is 13.4. The van der Waals surface area contributed by atoms with E-state index in [0.717, 1.165) is 37.7 Å². The molecule has 8 heteroatoms. The molecule has 7 nitrogen and oxygen atoms in total. The Kier molecular flexibility index (Phi) is 7.00. The number of carboxylic acids is 1. The number of unbranched alkanes of at least 4 members (excludes halogenated alkanes) is 2. The van der Waals surface area contributed by atoms with Crippen LogP contribution in [0, 0.1) is 5.82 Å². The predicted molar refractivity (Wildman–Crippen MR) is 105 cm³/mol. The van der Waals surface area contributed by atoms with Gasteiger partial charge in [0.05, 0.1) is 0 Å². The number of benzene rings is 1. The van der Waals surface area contributed by atoms with Crippen molar-refractivity contribution < 1.29 is 23.5 Å². The van der Waals surface area contributed by atoms with Crippen molar-refractivity contribution in [2.24, 2.45) is 0 Å². The van der Waals surface area contributed by atoms with Gasteiger partial charge in [0.25, 0.3) is 5.91 Å². The van der Waals surface area contributed by atoms with Crippen LogP contribution in [-0.4, -0.2) is 41.5 Å². The van der Waals surface area contributed by atoms with E-state index in [4.69, 9.17) is 9.52 Å². The molecule has 1 aliphatic heterocycles. The van der Waals surface area contributed by atoms with Crippen molar-refractivity contribution in [1.29, 1.82) is 0 Å². The second-order valence-electron chi connectivity index (χ2n) is 7.37. The number of hydrogen-bond donors (Lipinski definition) is 3. The number of aromatic carboxylic acids is 1. The third kappa shape index (κ3) is 5.65. The smallest absolute Gasteiger partial charge is 0.371 e. The lowest BCUT2D eigenvalue weighted by atomic mass is 9.99. The van der Waals surface area contributed by atoms with Gasteiger partial charge in [-0.05, 0) is 49.1 Å². The lowest BCUT2D eigenvalue weighted by molar-refractivity contribution is 0.0653. The highest BCUT2D eigenvalue weighted by Crippen LogP contribution is 2.25. The number of carboxylic acid groups (broad SMARTS) is 1. The fourth-order valence-electron chi connectivity index (χ4n) is 3.53. The summed E-state index contributed by atoms with van der Waals surface area (Å²) in [4.78, 5) is 24.6. The first-order valence-electron chi connectivity index (χ1n) is 9.79. The standard InChI is InChI=1S/C21H26FN3O4/c1-25(20(26)18-9-10-19(29-18)21(27)28)11-4-2-3-8-16-13-17(24-23-16)14-6-5-7-15(22)12-14/h5-7,9-10,12,16-17,23-24H,2-4,8,11,13H2,1H3,(H,27,28). The molecule has 29 heavy (non-hydrogen) atoms. The van der Waals surface area contributed by atoms with Crippen molar-refractivity contribution >= 4 is 11.9 Å². The van der Waals surface area contributed by atoms with Gasteiger partial charge in [-0.15, -0.1) is 0 Å². The largest absolute Gasteiger partial charge is 0.475 e. The first-order chi connectivity index (χ1) is 13.9. The fourth-order valence-corrected chi connectivity index (χ4v) is 3.53. The first kappa shape index (κ1) is 21.0. The lowest BCUT2D eigenvalue weighted by Crippen LogP contribution is -2.30. The maximum Gasteiger partial charge on any atom is 0.371 e. The molecule has 3 rings (SSSR count). The van der Waals surface area contributed by atoms with Gasteiger partial charge in [-0.25, -0.2) is 9.18 Å². The van der Waals surface area contributed by atoms with E-state index in [-0.39, 0.29) is 29.3 Å². The van der Waals surface area contributed by atoms with E-state index in [1.165, 1.54) is 18.2 Å². The Balaban J connectivity index is 1.33. The second-order valence-corrected chi connectivity index (χ2v) is 7.37. The van der Waals surface area contributed by atoms with Crippen molar-refractivity contribution in [3.63, 3.8) is 0 Å². The van der Waals surface area contributed by atoms with Crippen LogP contribution in [0.25, 0.3) is 0 Å². The summed E-state index contributed by atoms with van der Waals surface area (Å²) in [6.07, 6.45) is 4.74. The zero-order valence-corrected chi connectivity index (χ0v) is 16.4. The number of halogens is 1. The molecule has 0 radical (unpaired) electrons. The van der Waals surface area contributed by atoms with Gasteiger partial charge in [-0.2, -0.15) is 0 Å². The van der Waals surface area contributed by atoms with Crippen molar-refractivity contribution in [2.45, 2.75) is 44.2 Å². The van der Waals surface area contributed by atoms with Gasteiger partial charge in [0, 0.05) is 25.7 Å². The van der Waals surface area contributed by atoms with Crippen LogP contribution in [0.5, 0.6) is 0 Å². The molecule has 156 valence electrons. The van der Waals surface area contributed by atoms with Gasteiger partial charge < -0.3 is 14.4 Å². The Morgan fingerprint density at radius 1 is 1.17 bits per heavy atom. The van der Waals surface area contributed by atoms with Crippen LogP contribution >= 0.6 is 0 Å². The summed E-state index contributed by atoms with van der Waals surface area (Å²) < 4.78 is 18.4. The van der Waals surface area contributed by atoms with E-state index in [2.05, 4.69) is 10.9 Å². The van der Waals surface area contributed by atoms with Crippen LogP contribution in [0.4, 0.5) is 4.39 Å². The van der Waals surface area contributed by atoms with Crippen LogP contribution < -0.4 is 10.9 Å². The SMILES string of the molecule is CN(CCCCCC1CC(c2cccc(F)c2)NN1)C(=O)c1ccc(C(=O)O)o1. The van der Waals surface area contributed by atoms with Crippen molar-refractivity contribution in [3.05, 3.63) is 59.3 Å². The fraction of sp³-hybridized carbons (Fsp3) is 0.429. The van der Waals surface area contributed by atoms with E-state index < -0.39 is 5.97 Å². The Bertz CT molecular complexity index is 854. The first-order valence-corrected chi connectivity index (χ1v) is 9.79. The normalized spacial score (nSPS) is 18.7. The van der Waals surface area contributed by atoms with Gasteiger partial charge in [0.15, 0.2) is 5.76 Å². The summed E-state index contributed by atoms with van der Waals surface area (Å²) in [7, 11) is 1.68. The van der Waals surface area contributed by atoms with Gasteiger partial charge in [-0.1, -0.05) is 25.0 Å². The Labute approximate surface area is 168 Å². The molecular weight excluding hydrogens is 377 g/mol. The number of carbonyl (C=O) groups is 2. The predicted octanol–water partition coefficient (Wildman–Crippen LogP) is 3.36. The molecule has 1 fully saturated rings. The molecule has 1 amide bonds. The lowest BCUT2D eigenvalue weighted by Gasteiger charge is -2.16. The van der Waals surface area contributed by atoms with Gasteiger partial charge in [0.2, 0.25) is 5.76 Å². The monoisotopic (exact) mass is 403 g/mol. The topological polar surface area (TPSA) is 94.8 Å². The maximum absolute atomic E-state index is 13.4. The molecule has 1 aromatic heterocycles. The molecule has 2 atom stereocenters. The number of furan rings is 1. The zero-order valence-electron chi connectivity index (χ0n) is 16.4. The van der Waals surface area contributed by atoms with Crippen LogP contribution in [0.3, 0.4) is 0 Å². The Hall–Kier alpha value is -2.71. The quantitative estimate of drug-likeness (QED) is 0.556. The minimum Gasteiger partial charge on any atom is -0.475 e. The van der Waals surface area contributed by atoms with Crippen LogP contribution in [0.2, 0.25) is 0 Å². The number of amides is 1. The highest BCUT2D eigenvalue weighted by atomic mass is 19.1. The number of carbonyl (C=O) groups excluding carboxylic acids is 1. The molecule has 2 heterocycles. The number of nitrogens with one attached hydrogen (secondary N) is 2. The zero-order chi connectivity index (χ0) is 20.8. The minimum atomic E-state index is -1.19. The molecule has 0 spiro atoms. The van der Waals surface area contributed by atoms with Crippen molar-refractivity contribution in [3.8, 4) is 0 Å². The molecule has 1 aromatic carbocycles. The Morgan fingerprint density at radius 3 is 2.69 bits per heavy atom. The number of hydrazine groups is 1. The van der Waals surface area contributed by atoms with Crippen LogP contribution in [0.1, 0.15) is 64.8 Å². The molecular formula is C21H26FN3O4. The summed E-state index contributed by atoms with van der Waals surface area (Å²) in [6.45, 7) is 0.574. The average molecular weight is 403 g/mol. The van der Waals surface area contributed by atoms with Crippen LogP contribution in [-0.2, 0) is 0 Å². The summed E-state index contributed by atoms with van der Waals surface area (Å²) in [5, 5.41) is 8.86. The molecule has 3 N–H and O–H groups in total. The molecule has 2 aromatic rings. The van der Waals surface area contributed by atoms with E-state index in [1.807, 2.05) is 6.07 Å². The Morgan fingerprint density at radius 2 is 1.97 bits per heavy atom. The van der Waals surface area contributed by atoms with E-state index in [1.54, 1.807) is 24.1 Å². The molecule has 1 aliphatic rings. The number of hydrogen-bond acceptors (Lipinski definition) is 5. The summed E-state index contributed by atoms with van der Waals surface area (Å²) in [6, 6.07) is 9.77. The van der Waals surface area contributed by atoms with E-state index in [0.29, 0.717) is 12.6 Å². The van der Waals surface area contributed by atoms with E-state index >= 15 is 0 Å². The summed E-state index contributed by atoms with van der Waals surface area (Å²) in [5.74, 6) is -1.94. The molecule has 2 unspecified atom stereocenters. The van der Waals surface area contributed by atoms with Gasteiger partial charge in [-0.3, -0.25) is 15.6 Å². The minimum absolute atomic E-state index is 0.0366. The number of rotatable bonds is 9. The number of nitrogens with zero attached hydrogens (tertiary/aromatic N) is 1. The van der Waals surface area contributed by atoms with Gasteiger partial charge >= 0.3 is 5.97 Å². The van der Waals surface area contributed by atoms with Crippen molar-refractivity contribution in [1.82, 2.24) is 15.8 Å². The van der Waals surface area contributed by atoms with Crippen LogP contribution in [0.15, 0.2) is 40.8 Å². The summed E-state index contributed by atoms with van der Waals surface area (Å²) in [5.41, 5.74) is 7.46. The second kappa shape index (κ2) is 9.67. The summed E-state index contributed by atoms with van der Waals surface area (Å²) >= 11 is 0. The van der Waals surface area contributed by atoms with Crippen molar-refractivity contribution in [2.75, 3.05) is 13.6 Å². The molecule has 0 bridgehead atoms. The molecule has 0 aliphatic carbocycles. The average Bonchev–Trinajstić information content (AvgIpc) is 3.37. The van der Waals surface area contributed by atoms with E-state index in [9.17, 15) is 14.0 Å². The molecule has 1 saturated heterocycles. The highest BCUT2D eigenvalue weighted by Gasteiger charge is 2.24. The third-order valence-electron chi connectivity index (χ3n) is 5.15. The molecule has 0 saturated carbocycles.